The SMILES string of the molecule is CC(C)N(C(=O)CN1CCCC1CCCO)c1ccccc1. The number of nitrogens with zero attached hydrogens (tertiary/aromatic N) is 2. The summed E-state index contributed by atoms with van der Waals surface area (Å²) in [6.07, 6.45) is 4.09. The van der Waals surface area contributed by atoms with Crippen molar-refractivity contribution in [2.24, 2.45) is 0 Å². The Balaban J connectivity index is 2.02. The number of hydrogen-bond donors (Lipinski definition) is 1. The molecular formula is C18H28N2O2. The van der Waals surface area contributed by atoms with Crippen LogP contribution in [0.15, 0.2) is 30.3 Å². The van der Waals surface area contributed by atoms with Gasteiger partial charge in [0.25, 0.3) is 0 Å². The summed E-state index contributed by atoms with van der Waals surface area (Å²) in [5.74, 6) is 0.164. The van der Waals surface area contributed by atoms with E-state index in [9.17, 15) is 4.79 Å². The Kier molecular flexibility index (Phi) is 6.40. The Hall–Kier alpha value is -1.39. The highest BCUT2D eigenvalue weighted by molar-refractivity contribution is 5.95. The number of rotatable bonds is 7. The van der Waals surface area contributed by atoms with Gasteiger partial charge in [-0.05, 0) is 58.2 Å². The van der Waals surface area contributed by atoms with Crippen LogP contribution in [0.25, 0.3) is 0 Å². The van der Waals surface area contributed by atoms with Gasteiger partial charge in [0.1, 0.15) is 0 Å². The molecule has 22 heavy (non-hydrogen) atoms. The fraction of sp³-hybridized carbons (Fsp3) is 0.611. The standard InChI is InChI=1S/C18H28N2O2/c1-15(2)20(17-8-4-3-5-9-17)18(22)14-19-12-6-10-16(19)11-7-13-21/h3-5,8-9,15-16,21H,6-7,10-14H2,1-2H3. The molecule has 1 aromatic carbocycles. The van der Waals surface area contributed by atoms with Crippen LogP contribution in [0.5, 0.6) is 0 Å². The van der Waals surface area contributed by atoms with E-state index in [0.29, 0.717) is 12.6 Å². The van der Waals surface area contributed by atoms with Crippen molar-refractivity contribution in [1.29, 1.82) is 0 Å². The molecule has 1 unspecified atom stereocenters. The van der Waals surface area contributed by atoms with Gasteiger partial charge in [0, 0.05) is 24.4 Å². The first-order valence-corrected chi connectivity index (χ1v) is 8.35. The minimum atomic E-state index is 0.147. The summed E-state index contributed by atoms with van der Waals surface area (Å²) in [5.41, 5.74) is 0.966. The maximum absolute atomic E-state index is 12.8. The van der Waals surface area contributed by atoms with Crippen LogP contribution in [0.4, 0.5) is 5.69 Å². The second-order valence-corrected chi connectivity index (χ2v) is 6.33. The molecule has 0 aromatic heterocycles. The maximum Gasteiger partial charge on any atom is 0.241 e. The van der Waals surface area contributed by atoms with Crippen LogP contribution in [0, 0.1) is 0 Å². The average molecular weight is 304 g/mol. The number of aliphatic hydroxyl groups excluding tert-OH is 1. The van der Waals surface area contributed by atoms with Crippen molar-refractivity contribution in [3.63, 3.8) is 0 Å². The molecule has 1 N–H and O–H groups in total. The van der Waals surface area contributed by atoms with E-state index in [1.165, 1.54) is 0 Å². The molecule has 1 atom stereocenters. The molecule has 0 spiro atoms. The number of hydrogen-bond acceptors (Lipinski definition) is 3. The fourth-order valence-corrected chi connectivity index (χ4v) is 3.33. The monoisotopic (exact) mass is 304 g/mol. The smallest absolute Gasteiger partial charge is 0.241 e. The summed E-state index contributed by atoms with van der Waals surface area (Å²) in [5, 5.41) is 9.01. The quantitative estimate of drug-likeness (QED) is 0.842. The molecule has 1 aromatic rings. The Labute approximate surface area is 133 Å². The number of carbonyl (C=O) groups excluding carboxylic acids is 1. The number of carbonyl (C=O) groups is 1. The van der Waals surface area contributed by atoms with E-state index in [4.69, 9.17) is 5.11 Å². The van der Waals surface area contributed by atoms with Crippen LogP contribution in [0.3, 0.4) is 0 Å². The third kappa shape index (κ3) is 4.31. The number of para-hydroxylation sites is 1. The summed E-state index contributed by atoms with van der Waals surface area (Å²) in [6, 6.07) is 10.5. The maximum atomic E-state index is 12.8. The Morgan fingerprint density at radius 1 is 1.36 bits per heavy atom. The van der Waals surface area contributed by atoms with E-state index in [1.54, 1.807) is 0 Å². The summed E-state index contributed by atoms with van der Waals surface area (Å²) >= 11 is 0. The van der Waals surface area contributed by atoms with Crippen LogP contribution in [-0.4, -0.2) is 47.7 Å². The van der Waals surface area contributed by atoms with Gasteiger partial charge in [-0.3, -0.25) is 9.69 Å². The predicted octanol–water partition coefficient (Wildman–Crippen LogP) is 2.66. The van der Waals surface area contributed by atoms with Crippen molar-refractivity contribution >= 4 is 11.6 Å². The Morgan fingerprint density at radius 3 is 2.73 bits per heavy atom. The van der Waals surface area contributed by atoms with E-state index in [0.717, 1.165) is 37.9 Å². The Morgan fingerprint density at radius 2 is 2.09 bits per heavy atom. The van der Waals surface area contributed by atoms with Crippen molar-refractivity contribution in [2.45, 2.75) is 51.6 Å². The lowest BCUT2D eigenvalue weighted by molar-refractivity contribution is -0.120. The van der Waals surface area contributed by atoms with Crippen LogP contribution < -0.4 is 4.90 Å². The highest BCUT2D eigenvalue weighted by atomic mass is 16.3. The summed E-state index contributed by atoms with van der Waals surface area (Å²) in [7, 11) is 0. The number of anilines is 1. The first-order chi connectivity index (χ1) is 10.6. The zero-order chi connectivity index (χ0) is 15.9. The molecule has 0 radical (unpaired) electrons. The van der Waals surface area contributed by atoms with Crippen molar-refractivity contribution in [2.75, 3.05) is 24.6 Å². The topological polar surface area (TPSA) is 43.8 Å². The molecule has 1 aliphatic heterocycles. The lowest BCUT2D eigenvalue weighted by Crippen LogP contribution is -2.45. The second-order valence-electron chi connectivity index (χ2n) is 6.33. The molecular weight excluding hydrogens is 276 g/mol. The summed E-state index contributed by atoms with van der Waals surface area (Å²) in [4.78, 5) is 17.0. The highest BCUT2D eigenvalue weighted by Crippen LogP contribution is 2.23. The van der Waals surface area contributed by atoms with Crippen molar-refractivity contribution < 1.29 is 9.90 Å². The number of amides is 1. The van der Waals surface area contributed by atoms with Crippen molar-refractivity contribution in [3.05, 3.63) is 30.3 Å². The second kappa shape index (κ2) is 8.30. The average Bonchev–Trinajstić information content (AvgIpc) is 2.93. The largest absolute Gasteiger partial charge is 0.396 e. The van der Waals surface area contributed by atoms with Crippen molar-refractivity contribution in [3.8, 4) is 0 Å². The van der Waals surface area contributed by atoms with Crippen LogP contribution in [-0.2, 0) is 4.79 Å². The zero-order valence-corrected chi connectivity index (χ0v) is 13.7. The fourth-order valence-electron chi connectivity index (χ4n) is 3.33. The molecule has 4 nitrogen and oxygen atoms in total. The third-order valence-electron chi connectivity index (χ3n) is 4.35. The van der Waals surface area contributed by atoms with Crippen LogP contribution in [0.2, 0.25) is 0 Å². The molecule has 2 rings (SSSR count). The molecule has 0 aliphatic carbocycles. The number of likely N-dealkylation sites (tertiary alicyclic amines) is 1. The van der Waals surface area contributed by atoms with Crippen LogP contribution >= 0.6 is 0 Å². The van der Waals surface area contributed by atoms with Gasteiger partial charge in [-0.2, -0.15) is 0 Å². The lowest BCUT2D eigenvalue weighted by Gasteiger charge is -2.31. The molecule has 1 amide bonds. The van der Waals surface area contributed by atoms with Gasteiger partial charge in [0.15, 0.2) is 0 Å². The van der Waals surface area contributed by atoms with E-state index in [-0.39, 0.29) is 18.6 Å². The molecule has 1 fully saturated rings. The van der Waals surface area contributed by atoms with E-state index >= 15 is 0 Å². The molecule has 1 saturated heterocycles. The Bertz CT molecular complexity index is 461. The predicted molar refractivity (Wildman–Crippen MR) is 90.0 cm³/mol. The highest BCUT2D eigenvalue weighted by Gasteiger charge is 2.28. The minimum Gasteiger partial charge on any atom is -0.396 e. The molecule has 122 valence electrons. The number of aliphatic hydroxyl groups is 1. The van der Waals surface area contributed by atoms with Gasteiger partial charge in [0.2, 0.25) is 5.91 Å². The van der Waals surface area contributed by atoms with Crippen LogP contribution in [0.1, 0.15) is 39.5 Å². The van der Waals surface area contributed by atoms with Gasteiger partial charge in [-0.25, -0.2) is 0 Å². The minimum absolute atomic E-state index is 0.147. The lowest BCUT2D eigenvalue weighted by atomic mass is 10.1. The summed E-state index contributed by atoms with van der Waals surface area (Å²) in [6.45, 7) is 5.81. The third-order valence-corrected chi connectivity index (χ3v) is 4.35. The van der Waals surface area contributed by atoms with Crippen molar-refractivity contribution in [1.82, 2.24) is 4.90 Å². The molecule has 1 aliphatic rings. The normalized spacial score (nSPS) is 18.8. The molecule has 1 heterocycles. The van der Waals surface area contributed by atoms with Gasteiger partial charge >= 0.3 is 0 Å². The van der Waals surface area contributed by atoms with E-state index in [1.807, 2.05) is 35.2 Å². The molecule has 0 saturated carbocycles. The van der Waals surface area contributed by atoms with E-state index < -0.39 is 0 Å². The van der Waals surface area contributed by atoms with Gasteiger partial charge < -0.3 is 10.0 Å². The van der Waals surface area contributed by atoms with E-state index in [2.05, 4.69) is 18.7 Å². The van der Waals surface area contributed by atoms with Gasteiger partial charge in [-0.15, -0.1) is 0 Å². The van der Waals surface area contributed by atoms with Gasteiger partial charge in [0.05, 0.1) is 6.54 Å². The zero-order valence-electron chi connectivity index (χ0n) is 13.7. The van der Waals surface area contributed by atoms with Gasteiger partial charge in [-0.1, -0.05) is 18.2 Å². The molecule has 4 heteroatoms. The summed E-state index contributed by atoms with van der Waals surface area (Å²) < 4.78 is 0. The first-order valence-electron chi connectivity index (χ1n) is 8.35. The number of benzene rings is 1. The first kappa shape index (κ1) is 17.0. The molecule has 0 bridgehead atoms.